The van der Waals surface area contributed by atoms with Crippen LogP contribution < -0.4 is 9.80 Å². The number of thiophene rings is 1. The fraction of sp³-hybridized carbons (Fsp3) is 0.0196. The van der Waals surface area contributed by atoms with Crippen molar-refractivity contribution < 1.29 is 0 Å². The van der Waals surface area contributed by atoms with E-state index in [1.165, 1.54) is 53.9 Å². The van der Waals surface area contributed by atoms with E-state index < -0.39 is 5.41 Å². The van der Waals surface area contributed by atoms with Gasteiger partial charge in [0, 0.05) is 54.7 Å². The Morgan fingerprint density at radius 1 is 0.333 bits per heavy atom. The second kappa shape index (κ2) is 12.2. The maximum atomic E-state index is 2.49. The van der Waals surface area contributed by atoms with Crippen LogP contribution in [0.4, 0.5) is 34.1 Å². The Labute approximate surface area is 319 Å². The zero-order valence-electron chi connectivity index (χ0n) is 29.4. The van der Waals surface area contributed by atoms with E-state index in [1.807, 2.05) is 11.3 Å². The fourth-order valence-corrected chi connectivity index (χ4v) is 10.5. The summed E-state index contributed by atoms with van der Waals surface area (Å²) in [5, 5.41) is 1.32. The Bertz CT molecular complexity index is 2750. The average Bonchev–Trinajstić information content (AvgIpc) is 3.86. The lowest BCUT2D eigenvalue weighted by atomic mass is 9.73. The van der Waals surface area contributed by atoms with E-state index >= 15 is 0 Å². The molecule has 1 heterocycles. The summed E-state index contributed by atoms with van der Waals surface area (Å²) in [6, 6.07) is 75.4. The summed E-state index contributed by atoms with van der Waals surface area (Å²) < 4.78 is 1.32. The molecule has 8 aromatic carbocycles. The minimum atomic E-state index is -0.510. The smallest absolute Gasteiger partial charge is 0.0820 e. The lowest BCUT2D eigenvalue weighted by Crippen LogP contribution is -2.25. The molecule has 0 aliphatic heterocycles. The van der Waals surface area contributed by atoms with Crippen LogP contribution in [0.25, 0.3) is 32.3 Å². The van der Waals surface area contributed by atoms with Gasteiger partial charge in [-0.25, -0.2) is 0 Å². The van der Waals surface area contributed by atoms with Crippen molar-refractivity contribution in [3.8, 4) is 22.3 Å². The summed E-state index contributed by atoms with van der Waals surface area (Å²) in [5.41, 5.74) is 15.6. The van der Waals surface area contributed by atoms with Crippen molar-refractivity contribution in [3.05, 3.63) is 228 Å². The predicted octanol–water partition coefficient (Wildman–Crippen LogP) is 14.2. The molecular formula is C51H34N2S. The van der Waals surface area contributed by atoms with Crippen LogP contribution in [-0.2, 0) is 5.41 Å². The average molecular weight is 707 g/mol. The molecule has 1 atom stereocenters. The number of anilines is 6. The quantitative estimate of drug-likeness (QED) is 0.170. The fourth-order valence-electron chi connectivity index (χ4n) is 9.04. The molecular weight excluding hydrogens is 673 g/mol. The molecule has 254 valence electrons. The highest BCUT2D eigenvalue weighted by atomic mass is 32.1. The molecule has 0 amide bonds. The molecule has 1 aromatic heterocycles. The number of benzene rings is 8. The SMILES string of the molecule is c1ccc(N(c2ccccc2)c2ccc3c(c2)C2(c4ccccc4-3)c3cc(N(c4ccccc4)c4ccccc4)ccc3-c3c2sc2ccccc32)cc1. The van der Waals surface area contributed by atoms with Crippen LogP contribution in [0.3, 0.4) is 0 Å². The van der Waals surface area contributed by atoms with Crippen LogP contribution >= 0.6 is 11.3 Å². The maximum absolute atomic E-state index is 2.49. The Kier molecular flexibility index (Phi) is 6.98. The van der Waals surface area contributed by atoms with Gasteiger partial charge in [0.2, 0.25) is 0 Å². The molecule has 9 aromatic rings. The lowest BCUT2D eigenvalue weighted by molar-refractivity contribution is 0.811. The van der Waals surface area contributed by atoms with Gasteiger partial charge in [0.15, 0.2) is 0 Å². The van der Waals surface area contributed by atoms with E-state index in [4.69, 9.17) is 0 Å². The first-order valence-electron chi connectivity index (χ1n) is 18.5. The first-order valence-corrected chi connectivity index (χ1v) is 19.3. The number of rotatable bonds is 6. The van der Waals surface area contributed by atoms with Gasteiger partial charge in [0.25, 0.3) is 0 Å². The third-order valence-corrected chi connectivity index (χ3v) is 12.5. The zero-order valence-corrected chi connectivity index (χ0v) is 30.2. The van der Waals surface area contributed by atoms with Crippen LogP contribution in [-0.4, -0.2) is 0 Å². The van der Waals surface area contributed by atoms with Gasteiger partial charge in [-0.15, -0.1) is 11.3 Å². The summed E-state index contributed by atoms with van der Waals surface area (Å²) in [6.07, 6.45) is 0. The second-order valence-electron chi connectivity index (χ2n) is 14.1. The molecule has 0 radical (unpaired) electrons. The van der Waals surface area contributed by atoms with Crippen molar-refractivity contribution in [3.63, 3.8) is 0 Å². The molecule has 0 bridgehead atoms. The van der Waals surface area contributed by atoms with Crippen molar-refractivity contribution >= 4 is 55.5 Å². The van der Waals surface area contributed by atoms with Gasteiger partial charge in [-0.05, 0) is 112 Å². The maximum Gasteiger partial charge on any atom is 0.0820 e. The largest absolute Gasteiger partial charge is 0.310 e. The van der Waals surface area contributed by atoms with E-state index in [0.717, 1.165) is 34.1 Å². The molecule has 54 heavy (non-hydrogen) atoms. The molecule has 2 nitrogen and oxygen atoms in total. The molecule has 2 aliphatic carbocycles. The minimum absolute atomic E-state index is 0.510. The van der Waals surface area contributed by atoms with Gasteiger partial charge in [-0.2, -0.15) is 0 Å². The monoisotopic (exact) mass is 706 g/mol. The standard InChI is InChI=1S/C51H34N2S/c1-5-17-35(18-6-1)52(36-19-7-2-8-20-36)39-29-31-42-41-25-13-15-27-45(41)51(46(42)33-39)47-34-40(53(37-21-9-3-10-22-37)38-23-11-4-12-24-38)30-32-43(47)49-44-26-14-16-28-48(44)54-50(49)51/h1-34H. The highest BCUT2D eigenvalue weighted by molar-refractivity contribution is 7.20. The number of nitrogens with zero attached hydrogens (tertiary/aromatic N) is 2. The summed E-state index contributed by atoms with van der Waals surface area (Å²) in [4.78, 5) is 6.18. The Morgan fingerprint density at radius 3 is 1.31 bits per heavy atom. The minimum Gasteiger partial charge on any atom is -0.310 e. The summed E-state index contributed by atoms with van der Waals surface area (Å²) >= 11 is 1.95. The highest BCUT2D eigenvalue weighted by Gasteiger charge is 2.54. The molecule has 3 heteroatoms. The van der Waals surface area contributed by atoms with Gasteiger partial charge in [0.05, 0.1) is 5.41 Å². The first kappa shape index (κ1) is 30.9. The molecule has 0 saturated heterocycles. The predicted molar refractivity (Wildman–Crippen MR) is 227 cm³/mol. The number of hydrogen-bond acceptors (Lipinski definition) is 3. The number of para-hydroxylation sites is 4. The van der Waals surface area contributed by atoms with E-state index in [-0.39, 0.29) is 0 Å². The van der Waals surface area contributed by atoms with Crippen LogP contribution in [0, 0.1) is 0 Å². The van der Waals surface area contributed by atoms with Crippen LogP contribution in [0.2, 0.25) is 0 Å². The molecule has 1 unspecified atom stereocenters. The highest BCUT2D eigenvalue weighted by Crippen LogP contribution is 2.67. The molecule has 1 spiro atoms. The summed E-state index contributed by atoms with van der Waals surface area (Å²) in [5.74, 6) is 0. The number of fused-ring (bicyclic) bond motifs is 12. The van der Waals surface area contributed by atoms with Crippen molar-refractivity contribution in [2.75, 3.05) is 9.80 Å². The van der Waals surface area contributed by atoms with E-state index in [2.05, 4.69) is 216 Å². The first-order chi connectivity index (χ1) is 26.8. The van der Waals surface area contributed by atoms with Crippen LogP contribution in [0.5, 0.6) is 0 Å². The lowest BCUT2D eigenvalue weighted by Gasteiger charge is -2.32. The van der Waals surface area contributed by atoms with Gasteiger partial charge >= 0.3 is 0 Å². The molecule has 2 aliphatic rings. The topological polar surface area (TPSA) is 6.48 Å². The number of hydrogen-bond donors (Lipinski definition) is 0. The Hall–Kier alpha value is -6.68. The third kappa shape index (κ3) is 4.46. The third-order valence-electron chi connectivity index (χ3n) is 11.2. The van der Waals surface area contributed by atoms with Crippen molar-refractivity contribution in [2.45, 2.75) is 5.41 Å². The molecule has 11 rings (SSSR count). The Balaban J connectivity index is 1.23. The van der Waals surface area contributed by atoms with Crippen molar-refractivity contribution in [1.29, 1.82) is 0 Å². The van der Waals surface area contributed by atoms with Crippen LogP contribution in [0.15, 0.2) is 206 Å². The van der Waals surface area contributed by atoms with Gasteiger partial charge in [0.1, 0.15) is 0 Å². The summed E-state index contributed by atoms with van der Waals surface area (Å²) in [7, 11) is 0. The Morgan fingerprint density at radius 2 is 0.759 bits per heavy atom. The van der Waals surface area contributed by atoms with Crippen molar-refractivity contribution in [2.24, 2.45) is 0 Å². The normalized spacial score (nSPS) is 14.7. The molecule has 0 fully saturated rings. The van der Waals surface area contributed by atoms with Gasteiger partial charge in [-0.3, -0.25) is 0 Å². The molecule has 0 N–H and O–H groups in total. The van der Waals surface area contributed by atoms with Gasteiger partial charge < -0.3 is 9.80 Å². The van der Waals surface area contributed by atoms with Crippen molar-refractivity contribution in [1.82, 2.24) is 0 Å². The van der Waals surface area contributed by atoms with Crippen LogP contribution in [0.1, 0.15) is 21.6 Å². The zero-order chi connectivity index (χ0) is 35.6. The summed E-state index contributed by atoms with van der Waals surface area (Å²) in [6.45, 7) is 0. The van der Waals surface area contributed by atoms with E-state index in [9.17, 15) is 0 Å². The second-order valence-corrected chi connectivity index (χ2v) is 15.1. The van der Waals surface area contributed by atoms with E-state index in [0.29, 0.717) is 0 Å². The van der Waals surface area contributed by atoms with Gasteiger partial charge in [-0.1, -0.05) is 127 Å². The molecule has 0 saturated carbocycles. The van der Waals surface area contributed by atoms with E-state index in [1.54, 1.807) is 0 Å².